The van der Waals surface area contributed by atoms with Gasteiger partial charge < -0.3 is 10.6 Å². The van der Waals surface area contributed by atoms with E-state index in [0.29, 0.717) is 33.6 Å². The summed E-state index contributed by atoms with van der Waals surface area (Å²) in [5.74, 6) is -0.428. The third-order valence-corrected chi connectivity index (χ3v) is 9.88. The zero-order valence-electron chi connectivity index (χ0n) is 25.3. The van der Waals surface area contributed by atoms with E-state index in [0.717, 1.165) is 42.4 Å². The second kappa shape index (κ2) is 14.5. The maximum Gasteiger partial charge on any atom is 0.266 e. The van der Waals surface area contributed by atoms with Crippen LogP contribution in [0.4, 0.5) is 5.69 Å². The summed E-state index contributed by atoms with van der Waals surface area (Å²) in [6, 6.07) is 20.0. The van der Waals surface area contributed by atoms with Crippen molar-refractivity contribution in [3.05, 3.63) is 87.9 Å². The van der Waals surface area contributed by atoms with E-state index in [1.165, 1.54) is 0 Å². The Hall–Kier alpha value is -2.91. The quantitative estimate of drug-likeness (QED) is 0.192. The van der Waals surface area contributed by atoms with Crippen LogP contribution in [-0.2, 0) is 21.3 Å². The number of benzene rings is 3. The maximum atomic E-state index is 13.8. The maximum absolute atomic E-state index is 13.8. The highest BCUT2D eigenvalue weighted by molar-refractivity contribution is 7.85. The van der Waals surface area contributed by atoms with Crippen LogP contribution in [0.3, 0.4) is 0 Å². The lowest BCUT2D eigenvalue weighted by molar-refractivity contribution is -0.122. The second-order valence-electron chi connectivity index (χ2n) is 12.7. The number of carbonyl (C=O) groups is 2. The fourth-order valence-corrected chi connectivity index (χ4v) is 6.87. The van der Waals surface area contributed by atoms with Gasteiger partial charge in [0.2, 0.25) is 5.91 Å². The molecule has 4 rings (SSSR count). The molecule has 1 aliphatic carbocycles. The standard InChI is InChI=1S/C34H40Cl2N2O5S/c1-34(2,3)26-12-8-24(9-13-26)30(20-22-4-6-25(7-5-22)32(39)37-18-19-44(41,42)43)33(40)38-28-15-10-23(11-16-28)29-17-14-27(35)21-31(29)36/h4-7,10-11,14-17,21,24,26,30H,8-9,12-13,18-20H2,1-3H3,(H,37,39)(H,38,40)(H,41,42,43)/t24-,26+,30?. The molecule has 0 saturated heterocycles. The van der Waals surface area contributed by atoms with E-state index in [4.69, 9.17) is 27.8 Å². The van der Waals surface area contributed by atoms with E-state index in [2.05, 4.69) is 31.4 Å². The Bertz CT molecular complexity index is 1560. The molecule has 44 heavy (non-hydrogen) atoms. The molecule has 3 aromatic rings. The minimum atomic E-state index is -4.16. The van der Waals surface area contributed by atoms with Crippen LogP contribution in [0.5, 0.6) is 0 Å². The van der Waals surface area contributed by atoms with Gasteiger partial charge in [-0.2, -0.15) is 8.42 Å². The summed E-state index contributed by atoms with van der Waals surface area (Å²) in [6.45, 7) is 6.66. The van der Waals surface area contributed by atoms with Gasteiger partial charge in [0.1, 0.15) is 0 Å². The number of hydrogen-bond donors (Lipinski definition) is 3. The van der Waals surface area contributed by atoms with Gasteiger partial charge in [-0.05, 0) is 96.9 Å². The zero-order valence-corrected chi connectivity index (χ0v) is 27.6. The third kappa shape index (κ3) is 9.54. The van der Waals surface area contributed by atoms with Crippen molar-refractivity contribution < 1.29 is 22.6 Å². The summed E-state index contributed by atoms with van der Waals surface area (Å²) >= 11 is 12.4. The molecule has 1 aliphatic rings. The Morgan fingerprint density at radius 1 is 0.932 bits per heavy atom. The van der Waals surface area contributed by atoms with Crippen molar-refractivity contribution in [1.82, 2.24) is 5.32 Å². The Balaban J connectivity index is 1.47. The predicted molar refractivity (Wildman–Crippen MR) is 178 cm³/mol. The van der Waals surface area contributed by atoms with Gasteiger partial charge >= 0.3 is 0 Å². The molecule has 0 aromatic heterocycles. The Morgan fingerprint density at radius 3 is 2.14 bits per heavy atom. The molecule has 3 N–H and O–H groups in total. The minimum absolute atomic E-state index is 0.0338. The van der Waals surface area contributed by atoms with E-state index in [9.17, 15) is 18.0 Å². The molecular formula is C34H40Cl2N2O5S. The van der Waals surface area contributed by atoms with Crippen LogP contribution in [0.2, 0.25) is 10.0 Å². The summed E-state index contributed by atoms with van der Waals surface area (Å²) in [6.07, 6.45) is 4.64. The molecule has 10 heteroatoms. The zero-order chi connectivity index (χ0) is 32.1. The van der Waals surface area contributed by atoms with Crippen molar-refractivity contribution in [2.75, 3.05) is 17.6 Å². The Kier molecular flexibility index (Phi) is 11.2. The van der Waals surface area contributed by atoms with Gasteiger partial charge in [-0.3, -0.25) is 14.1 Å². The highest BCUT2D eigenvalue weighted by atomic mass is 35.5. The van der Waals surface area contributed by atoms with Crippen molar-refractivity contribution in [3.8, 4) is 11.1 Å². The van der Waals surface area contributed by atoms with Crippen molar-refractivity contribution in [2.45, 2.75) is 52.9 Å². The molecular weight excluding hydrogens is 619 g/mol. The number of carbonyl (C=O) groups excluding carboxylic acids is 2. The van der Waals surface area contributed by atoms with E-state index in [1.54, 1.807) is 24.3 Å². The first-order valence-electron chi connectivity index (χ1n) is 14.9. The molecule has 0 spiro atoms. The summed E-state index contributed by atoms with van der Waals surface area (Å²) < 4.78 is 30.7. The van der Waals surface area contributed by atoms with Gasteiger partial charge in [0.25, 0.3) is 16.0 Å². The van der Waals surface area contributed by atoms with Gasteiger partial charge in [0, 0.05) is 39.3 Å². The fraction of sp³-hybridized carbons (Fsp3) is 0.412. The van der Waals surface area contributed by atoms with Crippen LogP contribution in [-0.4, -0.2) is 37.1 Å². The van der Waals surface area contributed by atoms with Gasteiger partial charge in [0.05, 0.1) is 5.75 Å². The molecule has 0 heterocycles. The highest BCUT2D eigenvalue weighted by Crippen LogP contribution is 2.43. The number of anilines is 1. The number of nitrogens with one attached hydrogen (secondary N) is 2. The average molecular weight is 660 g/mol. The highest BCUT2D eigenvalue weighted by Gasteiger charge is 2.35. The molecule has 236 valence electrons. The van der Waals surface area contributed by atoms with Crippen LogP contribution in [0.25, 0.3) is 11.1 Å². The molecule has 3 aromatic carbocycles. The number of amides is 2. The van der Waals surface area contributed by atoms with Crippen LogP contribution in [0.15, 0.2) is 66.7 Å². The van der Waals surface area contributed by atoms with Gasteiger partial charge in [-0.1, -0.05) is 74.3 Å². The Labute approximate surface area is 270 Å². The van der Waals surface area contributed by atoms with E-state index < -0.39 is 21.8 Å². The monoisotopic (exact) mass is 658 g/mol. The number of halogens is 2. The second-order valence-corrected chi connectivity index (χ2v) is 15.1. The minimum Gasteiger partial charge on any atom is -0.351 e. The van der Waals surface area contributed by atoms with Gasteiger partial charge in [-0.25, -0.2) is 0 Å². The molecule has 2 amide bonds. The van der Waals surface area contributed by atoms with Crippen LogP contribution >= 0.6 is 23.2 Å². The first-order chi connectivity index (χ1) is 20.7. The largest absolute Gasteiger partial charge is 0.351 e. The van der Waals surface area contributed by atoms with E-state index in [1.807, 2.05) is 42.5 Å². The van der Waals surface area contributed by atoms with E-state index >= 15 is 0 Å². The SMILES string of the molecule is CC(C)(C)[C@H]1CC[C@@H](C(Cc2ccc(C(=O)NCCS(=O)(=O)O)cc2)C(=O)Nc2ccc(-c3ccc(Cl)cc3Cl)cc2)CC1. The van der Waals surface area contributed by atoms with Crippen LogP contribution < -0.4 is 10.6 Å². The van der Waals surface area contributed by atoms with Crippen molar-refractivity contribution in [3.63, 3.8) is 0 Å². The van der Waals surface area contributed by atoms with Crippen molar-refractivity contribution >= 4 is 50.8 Å². The lowest BCUT2D eigenvalue weighted by Gasteiger charge is -2.39. The first kappa shape index (κ1) is 34.0. The Morgan fingerprint density at radius 2 is 1.57 bits per heavy atom. The molecule has 0 radical (unpaired) electrons. The average Bonchev–Trinajstić information content (AvgIpc) is 2.95. The lowest BCUT2D eigenvalue weighted by Crippen LogP contribution is -2.35. The summed E-state index contributed by atoms with van der Waals surface area (Å²) in [5, 5.41) is 6.76. The molecule has 0 bridgehead atoms. The molecule has 1 saturated carbocycles. The number of rotatable bonds is 10. The first-order valence-corrected chi connectivity index (χ1v) is 17.2. The van der Waals surface area contributed by atoms with Crippen LogP contribution in [0.1, 0.15) is 62.4 Å². The molecule has 1 fully saturated rings. The van der Waals surface area contributed by atoms with Crippen LogP contribution in [0, 0.1) is 23.2 Å². The molecule has 0 aliphatic heterocycles. The van der Waals surface area contributed by atoms with Crippen molar-refractivity contribution in [2.24, 2.45) is 23.2 Å². The molecule has 7 nitrogen and oxygen atoms in total. The topological polar surface area (TPSA) is 113 Å². The summed E-state index contributed by atoms with van der Waals surface area (Å²) in [4.78, 5) is 26.3. The third-order valence-electron chi connectivity index (χ3n) is 8.61. The van der Waals surface area contributed by atoms with Crippen molar-refractivity contribution in [1.29, 1.82) is 0 Å². The molecule has 1 unspecified atom stereocenters. The lowest BCUT2D eigenvalue weighted by atomic mass is 9.66. The fourth-order valence-electron chi connectivity index (χ4n) is 5.99. The van der Waals surface area contributed by atoms with Gasteiger partial charge in [-0.15, -0.1) is 0 Å². The van der Waals surface area contributed by atoms with Gasteiger partial charge in [0.15, 0.2) is 0 Å². The van der Waals surface area contributed by atoms with E-state index in [-0.39, 0.29) is 29.7 Å². The number of hydrogen-bond acceptors (Lipinski definition) is 4. The predicted octanol–water partition coefficient (Wildman–Crippen LogP) is 7.93. The summed E-state index contributed by atoms with van der Waals surface area (Å²) in [5.41, 5.74) is 4.02. The summed E-state index contributed by atoms with van der Waals surface area (Å²) in [7, 11) is -4.16. The normalized spacial score (nSPS) is 18.0. The molecule has 1 atom stereocenters. The smallest absolute Gasteiger partial charge is 0.266 e.